The van der Waals surface area contributed by atoms with E-state index in [-0.39, 0.29) is 18.6 Å². The highest BCUT2D eigenvalue weighted by molar-refractivity contribution is 7.99. The van der Waals surface area contributed by atoms with Crippen LogP contribution in [0.15, 0.2) is 144 Å². The Hall–Kier alpha value is -4.40. The molecule has 2 unspecified atom stereocenters. The van der Waals surface area contributed by atoms with Crippen molar-refractivity contribution in [1.29, 1.82) is 0 Å². The van der Waals surface area contributed by atoms with Gasteiger partial charge in [-0.25, -0.2) is 9.59 Å². The molecule has 8 heteroatoms. The van der Waals surface area contributed by atoms with Crippen LogP contribution in [-0.4, -0.2) is 48.9 Å². The quantitative estimate of drug-likeness (QED) is 0.0594. The van der Waals surface area contributed by atoms with Gasteiger partial charge in [-0.2, -0.15) is 0 Å². The summed E-state index contributed by atoms with van der Waals surface area (Å²) in [6, 6.07) is 35.8. The van der Waals surface area contributed by atoms with E-state index in [9.17, 15) is 9.59 Å². The average molecular weight is 669 g/mol. The number of ether oxygens (including phenoxy) is 4. The van der Waals surface area contributed by atoms with Gasteiger partial charge >= 0.3 is 11.9 Å². The molecule has 0 heterocycles. The highest BCUT2D eigenvalue weighted by Gasteiger charge is 2.24. The first-order chi connectivity index (χ1) is 22.8. The lowest BCUT2D eigenvalue weighted by molar-refractivity contribution is -0.144. The molecule has 0 spiro atoms. The Labute approximate surface area is 286 Å². The summed E-state index contributed by atoms with van der Waals surface area (Å²) in [5, 5.41) is 0. The van der Waals surface area contributed by atoms with Crippen LogP contribution in [0.2, 0.25) is 0 Å². The standard InChI is InChI=1S/C39H40O6S2/c1-5-37(40)44-33(27-46-35-13-9-7-10-14-35)25-42-31-21-17-29(18-22-31)39(3,4)30-19-23-32(24-20-30)43-26-34(45-38(41)6-2)28-47-36-15-11-8-12-16-36/h5-24,33-34H,1-2,25-28H2,3-4H3. The first-order valence-corrected chi connectivity index (χ1v) is 17.2. The Morgan fingerprint density at radius 3 is 1.32 bits per heavy atom. The fraction of sp³-hybridized carbons (Fsp3) is 0.231. The van der Waals surface area contributed by atoms with E-state index in [0.29, 0.717) is 23.0 Å². The predicted octanol–water partition coefficient (Wildman–Crippen LogP) is 8.55. The van der Waals surface area contributed by atoms with E-state index in [1.807, 2.05) is 109 Å². The minimum atomic E-state index is -0.473. The van der Waals surface area contributed by atoms with Crippen molar-refractivity contribution in [3.63, 3.8) is 0 Å². The third-order valence-corrected chi connectivity index (χ3v) is 9.57. The number of thioether (sulfide) groups is 2. The lowest BCUT2D eigenvalue weighted by Gasteiger charge is -2.27. The molecule has 0 aliphatic rings. The second-order valence-electron chi connectivity index (χ2n) is 11.1. The van der Waals surface area contributed by atoms with Crippen LogP contribution in [0.1, 0.15) is 25.0 Å². The summed E-state index contributed by atoms with van der Waals surface area (Å²) < 4.78 is 23.1. The Balaban J connectivity index is 1.33. The summed E-state index contributed by atoms with van der Waals surface area (Å²) >= 11 is 3.21. The number of carbonyl (C=O) groups is 2. The molecule has 0 bridgehead atoms. The zero-order valence-electron chi connectivity index (χ0n) is 26.7. The van der Waals surface area contributed by atoms with Crippen molar-refractivity contribution in [3.05, 3.63) is 146 Å². The van der Waals surface area contributed by atoms with E-state index < -0.39 is 24.1 Å². The first-order valence-electron chi connectivity index (χ1n) is 15.3. The zero-order chi connectivity index (χ0) is 33.5. The van der Waals surface area contributed by atoms with E-state index in [1.165, 1.54) is 12.2 Å². The second-order valence-corrected chi connectivity index (χ2v) is 13.3. The van der Waals surface area contributed by atoms with Gasteiger partial charge in [0.2, 0.25) is 0 Å². The van der Waals surface area contributed by atoms with Gasteiger partial charge in [0.15, 0.2) is 0 Å². The normalized spacial score (nSPS) is 12.3. The lowest BCUT2D eigenvalue weighted by Crippen LogP contribution is -2.27. The van der Waals surface area contributed by atoms with Gasteiger partial charge in [-0.1, -0.05) is 87.7 Å². The van der Waals surface area contributed by atoms with E-state index >= 15 is 0 Å². The van der Waals surface area contributed by atoms with E-state index in [2.05, 4.69) is 27.0 Å². The molecule has 0 N–H and O–H groups in total. The summed E-state index contributed by atoms with van der Waals surface area (Å²) in [6.45, 7) is 11.8. The van der Waals surface area contributed by atoms with E-state index in [0.717, 1.165) is 20.9 Å². The summed E-state index contributed by atoms with van der Waals surface area (Å²) in [6.07, 6.45) is 1.46. The first kappa shape index (κ1) is 35.5. The van der Waals surface area contributed by atoms with Crippen LogP contribution in [0.5, 0.6) is 11.5 Å². The van der Waals surface area contributed by atoms with Gasteiger partial charge in [-0.15, -0.1) is 23.5 Å². The average Bonchev–Trinajstić information content (AvgIpc) is 3.11. The van der Waals surface area contributed by atoms with E-state index in [4.69, 9.17) is 18.9 Å². The molecule has 0 saturated heterocycles. The largest absolute Gasteiger partial charge is 0.490 e. The molecule has 244 valence electrons. The summed E-state index contributed by atoms with van der Waals surface area (Å²) in [4.78, 5) is 26.0. The molecule has 0 amide bonds. The summed E-state index contributed by atoms with van der Waals surface area (Å²) in [5.74, 6) is 1.55. The molecule has 4 rings (SSSR count). The minimum Gasteiger partial charge on any atom is -0.490 e. The SMILES string of the molecule is C=CC(=O)OC(COc1ccc(C(C)(C)c2ccc(OCC(CSc3ccccc3)OC(=O)C=C)cc2)cc1)CSc1ccccc1. The fourth-order valence-corrected chi connectivity index (χ4v) is 6.33. The highest BCUT2D eigenvalue weighted by atomic mass is 32.2. The van der Waals surface area contributed by atoms with Crippen molar-refractivity contribution in [1.82, 2.24) is 0 Å². The maximum atomic E-state index is 11.9. The molecule has 0 aliphatic carbocycles. The smallest absolute Gasteiger partial charge is 0.330 e. The van der Waals surface area contributed by atoms with Gasteiger partial charge in [-0.3, -0.25) is 0 Å². The number of benzene rings is 4. The Bertz CT molecular complexity index is 1450. The van der Waals surface area contributed by atoms with Gasteiger partial charge in [0, 0.05) is 38.9 Å². The third-order valence-electron chi connectivity index (χ3n) is 7.28. The zero-order valence-corrected chi connectivity index (χ0v) is 28.3. The van der Waals surface area contributed by atoms with E-state index in [1.54, 1.807) is 23.5 Å². The third kappa shape index (κ3) is 11.4. The molecular formula is C39H40O6S2. The molecular weight excluding hydrogens is 629 g/mol. The molecule has 4 aromatic carbocycles. The Morgan fingerprint density at radius 1 is 0.617 bits per heavy atom. The molecule has 4 aromatic rings. The summed E-state index contributed by atoms with van der Waals surface area (Å²) in [5.41, 5.74) is 1.93. The topological polar surface area (TPSA) is 71.1 Å². The van der Waals surface area contributed by atoms with Crippen molar-refractivity contribution in [3.8, 4) is 11.5 Å². The Kier molecular flexibility index (Phi) is 13.6. The number of hydrogen-bond donors (Lipinski definition) is 0. The molecule has 0 radical (unpaired) electrons. The number of esters is 2. The lowest BCUT2D eigenvalue weighted by atomic mass is 9.78. The number of hydrogen-bond acceptors (Lipinski definition) is 8. The highest BCUT2D eigenvalue weighted by Crippen LogP contribution is 2.33. The van der Waals surface area contributed by atoms with Crippen molar-refractivity contribution >= 4 is 35.5 Å². The molecule has 6 nitrogen and oxygen atoms in total. The molecule has 0 fully saturated rings. The predicted molar refractivity (Wildman–Crippen MR) is 190 cm³/mol. The minimum absolute atomic E-state index is 0.224. The van der Waals surface area contributed by atoms with Crippen LogP contribution in [0.25, 0.3) is 0 Å². The number of rotatable bonds is 18. The van der Waals surface area contributed by atoms with Crippen molar-refractivity contribution in [2.24, 2.45) is 0 Å². The molecule has 2 atom stereocenters. The van der Waals surface area contributed by atoms with Crippen molar-refractivity contribution in [2.45, 2.75) is 41.3 Å². The summed E-state index contributed by atoms with van der Waals surface area (Å²) in [7, 11) is 0. The fourth-order valence-electron chi connectivity index (χ4n) is 4.55. The van der Waals surface area contributed by atoms with Gasteiger partial charge < -0.3 is 18.9 Å². The van der Waals surface area contributed by atoms with Gasteiger partial charge in [0.25, 0.3) is 0 Å². The second kappa shape index (κ2) is 18.1. The van der Waals surface area contributed by atoms with Gasteiger partial charge in [-0.05, 0) is 59.7 Å². The van der Waals surface area contributed by atoms with Crippen LogP contribution in [-0.2, 0) is 24.5 Å². The molecule has 0 aromatic heterocycles. The van der Waals surface area contributed by atoms with Gasteiger partial charge in [0.1, 0.15) is 36.9 Å². The molecule has 0 aliphatic heterocycles. The number of carbonyl (C=O) groups excluding carboxylic acids is 2. The van der Waals surface area contributed by atoms with Gasteiger partial charge in [0.05, 0.1) is 0 Å². The van der Waals surface area contributed by atoms with Crippen molar-refractivity contribution < 1.29 is 28.5 Å². The molecule has 0 saturated carbocycles. The maximum absolute atomic E-state index is 11.9. The Morgan fingerprint density at radius 2 is 0.979 bits per heavy atom. The van der Waals surface area contributed by atoms with Crippen molar-refractivity contribution in [2.75, 3.05) is 24.7 Å². The van der Waals surface area contributed by atoms with Crippen LogP contribution in [0.4, 0.5) is 0 Å². The maximum Gasteiger partial charge on any atom is 0.330 e. The van der Waals surface area contributed by atoms with Crippen LogP contribution in [0, 0.1) is 0 Å². The van der Waals surface area contributed by atoms with Crippen LogP contribution >= 0.6 is 23.5 Å². The monoisotopic (exact) mass is 668 g/mol. The van der Waals surface area contributed by atoms with Crippen LogP contribution < -0.4 is 9.47 Å². The van der Waals surface area contributed by atoms with Crippen LogP contribution in [0.3, 0.4) is 0 Å². The molecule has 47 heavy (non-hydrogen) atoms.